The van der Waals surface area contributed by atoms with Crippen molar-refractivity contribution in [1.29, 1.82) is 0 Å². The number of aromatic nitrogens is 1. The van der Waals surface area contributed by atoms with Crippen molar-refractivity contribution in [1.82, 2.24) is 4.57 Å². The highest BCUT2D eigenvalue weighted by atomic mass is 16.5. The summed E-state index contributed by atoms with van der Waals surface area (Å²) < 4.78 is 18.3. The van der Waals surface area contributed by atoms with Gasteiger partial charge in [0.25, 0.3) is 11.5 Å². The van der Waals surface area contributed by atoms with E-state index in [1.165, 1.54) is 4.57 Å². The van der Waals surface area contributed by atoms with Crippen LogP contribution in [-0.2, 0) is 11.8 Å². The number of methoxy groups -OCH3 is 1. The van der Waals surface area contributed by atoms with Gasteiger partial charge in [0.2, 0.25) is 0 Å². The maximum atomic E-state index is 13.0. The molecule has 1 aliphatic rings. The van der Waals surface area contributed by atoms with E-state index in [1.54, 1.807) is 56.8 Å². The number of carbonyl (C=O) groups excluding carboxylic acids is 1. The highest BCUT2D eigenvalue weighted by Crippen LogP contribution is 2.31. The molecule has 1 atom stereocenters. The fraction of sp³-hybridized carbons (Fsp3) is 0.304. The molecular weight excluding hydrogens is 384 g/mol. The fourth-order valence-electron chi connectivity index (χ4n) is 3.62. The fourth-order valence-corrected chi connectivity index (χ4v) is 3.62. The van der Waals surface area contributed by atoms with E-state index < -0.39 is 0 Å². The second-order valence-corrected chi connectivity index (χ2v) is 7.27. The lowest BCUT2D eigenvalue weighted by molar-refractivity contribution is 0.0670. The predicted molar refractivity (Wildman–Crippen MR) is 115 cm³/mol. The molecule has 1 amide bonds. The minimum absolute atomic E-state index is 0.0740. The van der Waals surface area contributed by atoms with Crippen LogP contribution in [0.1, 0.15) is 23.2 Å². The number of hydrogen-bond donors (Lipinski definition) is 1. The van der Waals surface area contributed by atoms with Crippen LogP contribution >= 0.6 is 0 Å². The van der Waals surface area contributed by atoms with Gasteiger partial charge in [-0.15, -0.1) is 0 Å². The Labute approximate surface area is 174 Å². The lowest BCUT2D eigenvalue weighted by Gasteiger charge is -2.16. The summed E-state index contributed by atoms with van der Waals surface area (Å²) in [6.45, 7) is 1.19. The molecule has 1 unspecified atom stereocenters. The number of carbonyl (C=O) groups is 1. The molecule has 1 N–H and O–H groups in total. The molecule has 0 bridgehead atoms. The number of amides is 1. The number of fused-ring (bicyclic) bond motifs is 1. The summed E-state index contributed by atoms with van der Waals surface area (Å²) in [6.07, 6.45) is 3.64. The Hall–Kier alpha value is -3.32. The molecule has 2 heterocycles. The van der Waals surface area contributed by atoms with E-state index in [9.17, 15) is 9.59 Å². The third kappa shape index (κ3) is 4.02. The van der Waals surface area contributed by atoms with Gasteiger partial charge in [-0.25, -0.2) is 0 Å². The summed E-state index contributed by atoms with van der Waals surface area (Å²) in [5, 5.41) is 4.01. The molecule has 7 heteroatoms. The largest absolute Gasteiger partial charge is 0.493 e. The second kappa shape index (κ2) is 8.59. The van der Waals surface area contributed by atoms with Crippen LogP contribution in [0.2, 0.25) is 0 Å². The summed E-state index contributed by atoms with van der Waals surface area (Å²) in [6, 6.07) is 12.3. The van der Waals surface area contributed by atoms with Gasteiger partial charge in [-0.2, -0.15) is 0 Å². The smallest absolute Gasteiger partial charge is 0.258 e. The molecule has 3 aromatic rings. The third-order valence-electron chi connectivity index (χ3n) is 5.21. The first-order valence-electron chi connectivity index (χ1n) is 9.89. The molecule has 1 saturated heterocycles. The van der Waals surface area contributed by atoms with Gasteiger partial charge in [0.15, 0.2) is 11.5 Å². The zero-order valence-corrected chi connectivity index (χ0v) is 17.0. The maximum Gasteiger partial charge on any atom is 0.258 e. The summed E-state index contributed by atoms with van der Waals surface area (Å²) in [5.74, 6) is 0.812. The number of ether oxygens (including phenoxy) is 3. The quantitative estimate of drug-likeness (QED) is 0.677. The number of rotatable bonds is 6. The number of nitrogens with zero attached hydrogens (tertiary/aromatic N) is 1. The number of hydrogen-bond acceptors (Lipinski definition) is 5. The number of nitrogens with one attached hydrogen (secondary N) is 1. The predicted octanol–water partition coefficient (Wildman–Crippen LogP) is 3.36. The van der Waals surface area contributed by atoms with Crippen molar-refractivity contribution in [3.8, 4) is 11.5 Å². The Morgan fingerprint density at radius 2 is 2.00 bits per heavy atom. The van der Waals surface area contributed by atoms with Gasteiger partial charge in [0, 0.05) is 42.4 Å². The summed E-state index contributed by atoms with van der Waals surface area (Å²) in [5.41, 5.74) is 0.850. The van der Waals surface area contributed by atoms with Crippen molar-refractivity contribution in [2.24, 2.45) is 7.05 Å². The monoisotopic (exact) mass is 408 g/mol. The molecule has 1 aliphatic heterocycles. The summed E-state index contributed by atoms with van der Waals surface area (Å²) in [4.78, 5) is 25.4. The van der Waals surface area contributed by atoms with Crippen molar-refractivity contribution in [2.75, 3.05) is 25.6 Å². The first kappa shape index (κ1) is 20.0. The Kier molecular flexibility index (Phi) is 5.72. The van der Waals surface area contributed by atoms with Gasteiger partial charge in [0.05, 0.1) is 18.8 Å². The summed E-state index contributed by atoms with van der Waals surface area (Å²) >= 11 is 0. The molecule has 1 aromatic heterocycles. The number of pyridine rings is 1. The van der Waals surface area contributed by atoms with E-state index in [0.717, 1.165) is 19.4 Å². The van der Waals surface area contributed by atoms with Gasteiger partial charge in [-0.1, -0.05) is 18.2 Å². The first-order valence-corrected chi connectivity index (χ1v) is 9.89. The van der Waals surface area contributed by atoms with Gasteiger partial charge in [-0.05, 0) is 31.0 Å². The Bertz CT molecular complexity index is 1130. The highest BCUT2D eigenvalue weighted by Gasteiger charge is 2.18. The van der Waals surface area contributed by atoms with Gasteiger partial charge in [0.1, 0.15) is 6.61 Å². The van der Waals surface area contributed by atoms with Crippen molar-refractivity contribution >= 4 is 22.4 Å². The van der Waals surface area contributed by atoms with Gasteiger partial charge in [-0.3, -0.25) is 9.59 Å². The van der Waals surface area contributed by atoms with Crippen molar-refractivity contribution < 1.29 is 19.0 Å². The standard InChI is InChI=1S/C23H24N2O5/c1-25-13-19(17-7-3-4-8-18(17)23(25)27)22(26)24-15-9-10-20(28-2)21(12-15)30-14-16-6-5-11-29-16/h3-4,7-10,12-13,16H,5-6,11,14H2,1-2H3,(H,24,26). The Morgan fingerprint density at radius 3 is 2.73 bits per heavy atom. The normalized spacial score (nSPS) is 15.9. The SMILES string of the molecule is COc1ccc(NC(=O)c2cn(C)c(=O)c3ccccc23)cc1OCC1CCCO1. The zero-order valence-electron chi connectivity index (χ0n) is 17.0. The molecule has 156 valence electrons. The highest BCUT2D eigenvalue weighted by molar-refractivity contribution is 6.12. The molecule has 30 heavy (non-hydrogen) atoms. The van der Waals surface area contributed by atoms with Crippen LogP contribution < -0.4 is 20.3 Å². The van der Waals surface area contributed by atoms with Crippen molar-refractivity contribution in [2.45, 2.75) is 18.9 Å². The van der Waals surface area contributed by atoms with Crippen molar-refractivity contribution in [3.05, 3.63) is 64.6 Å². The maximum absolute atomic E-state index is 13.0. The van der Waals surface area contributed by atoms with Crippen LogP contribution in [0.3, 0.4) is 0 Å². The molecule has 0 spiro atoms. The number of anilines is 1. The molecule has 0 saturated carbocycles. The van der Waals surface area contributed by atoms with E-state index in [1.807, 2.05) is 6.07 Å². The lowest BCUT2D eigenvalue weighted by Crippen LogP contribution is -2.21. The van der Waals surface area contributed by atoms with E-state index >= 15 is 0 Å². The number of aryl methyl sites for hydroxylation is 1. The van der Waals surface area contributed by atoms with E-state index in [-0.39, 0.29) is 17.6 Å². The molecule has 0 aliphatic carbocycles. The van der Waals surface area contributed by atoms with Crippen LogP contribution in [0.4, 0.5) is 5.69 Å². The van der Waals surface area contributed by atoms with Crippen LogP contribution in [0.5, 0.6) is 11.5 Å². The average molecular weight is 408 g/mol. The van der Waals surface area contributed by atoms with Gasteiger partial charge >= 0.3 is 0 Å². The molecule has 1 fully saturated rings. The van der Waals surface area contributed by atoms with Crippen LogP contribution in [0.25, 0.3) is 10.8 Å². The topological polar surface area (TPSA) is 78.8 Å². The molecule has 2 aromatic carbocycles. The van der Waals surface area contributed by atoms with Crippen LogP contribution in [0, 0.1) is 0 Å². The molecule has 0 radical (unpaired) electrons. The third-order valence-corrected chi connectivity index (χ3v) is 5.21. The Morgan fingerprint density at radius 1 is 1.20 bits per heavy atom. The minimum atomic E-state index is -0.308. The molecular formula is C23H24N2O5. The van der Waals surface area contributed by atoms with E-state index in [0.29, 0.717) is 40.1 Å². The minimum Gasteiger partial charge on any atom is -0.493 e. The van der Waals surface area contributed by atoms with Gasteiger partial charge < -0.3 is 24.1 Å². The van der Waals surface area contributed by atoms with Crippen LogP contribution in [0.15, 0.2) is 53.5 Å². The zero-order chi connectivity index (χ0) is 21.1. The van der Waals surface area contributed by atoms with Crippen molar-refractivity contribution in [3.63, 3.8) is 0 Å². The average Bonchev–Trinajstić information content (AvgIpc) is 3.28. The molecule has 4 rings (SSSR count). The van der Waals surface area contributed by atoms with E-state index in [2.05, 4.69) is 5.32 Å². The Balaban J connectivity index is 1.59. The van der Waals surface area contributed by atoms with E-state index in [4.69, 9.17) is 14.2 Å². The number of benzene rings is 2. The summed E-state index contributed by atoms with van der Waals surface area (Å²) in [7, 11) is 3.21. The lowest BCUT2D eigenvalue weighted by atomic mass is 10.1. The van der Waals surface area contributed by atoms with Crippen LogP contribution in [-0.4, -0.2) is 36.9 Å². The first-order chi connectivity index (χ1) is 14.6. The molecule has 7 nitrogen and oxygen atoms in total. The second-order valence-electron chi connectivity index (χ2n) is 7.27.